The average molecular weight is 251 g/mol. The Balaban J connectivity index is 2.10. The van der Waals surface area contributed by atoms with Gasteiger partial charge in [-0.05, 0) is 37.3 Å². The lowest BCUT2D eigenvalue weighted by Gasteiger charge is -2.25. The highest BCUT2D eigenvalue weighted by atomic mass is 28.4. The molecule has 0 aromatic heterocycles. The van der Waals surface area contributed by atoms with Crippen LogP contribution in [-0.2, 0) is 4.74 Å². The van der Waals surface area contributed by atoms with Gasteiger partial charge in [-0.3, -0.25) is 0 Å². The van der Waals surface area contributed by atoms with Crippen LogP contribution in [0.3, 0.4) is 0 Å². The molecule has 1 N–H and O–H groups in total. The van der Waals surface area contributed by atoms with Crippen LogP contribution in [0.4, 0.5) is 0 Å². The van der Waals surface area contributed by atoms with Crippen LogP contribution in [0.25, 0.3) is 0 Å². The van der Waals surface area contributed by atoms with Crippen LogP contribution >= 0.6 is 0 Å². The largest absolute Gasteiger partial charge is 0.544 e. The third-order valence-electron chi connectivity index (χ3n) is 2.58. The number of nitrogens with one attached hydrogen (secondary N) is 1. The second-order valence-electron chi connectivity index (χ2n) is 5.35. The summed E-state index contributed by atoms with van der Waals surface area (Å²) in [5, 5.41) is 3.34. The second-order valence-corrected chi connectivity index (χ2v) is 9.78. The maximum atomic E-state index is 6.00. The summed E-state index contributed by atoms with van der Waals surface area (Å²) in [4.78, 5) is 0. The molecule has 0 amide bonds. The van der Waals surface area contributed by atoms with E-state index in [1.165, 1.54) is 5.56 Å². The van der Waals surface area contributed by atoms with E-state index < -0.39 is 8.32 Å². The Kier molecular flexibility index (Phi) is 3.86. The summed E-state index contributed by atoms with van der Waals surface area (Å²) in [5.74, 6) is 0.968. The zero-order valence-electron chi connectivity index (χ0n) is 10.8. The highest BCUT2D eigenvalue weighted by molar-refractivity contribution is 6.70. The molecule has 4 heteroatoms. The molecule has 2 rings (SSSR count). The van der Waals surface area contributed by atoms with Gasteiger partial charge in [0.25, 0.3) is 0 Å². The Morgan fingerprint density at radius 2 is 2.18 bits per heavy atom. The third-order valence-corrected chi connectivity index (χ3v) is 3.43. The van der Waals surface area contributed by atoms with Crippen molar-refractivity contribution in [3.8, 4) is 5.75 Å². The Hall–Kier alpha value is -0.843. The van der Waals surface area contributed by atoms with Crippen LogP contribution in [0.15, 0.2) is 24.3 Å². The minimum absolute atomic E-state index is 0.161. The van der Waals surface area contributed by atoms with Crippen molar-refractivity contribution in [1.29, 1.82) is 0 Å². The number of morpholine rings is 1. The Bertz CT molecular complexity index is 370. The average Bonchev–Trinajstić information content (AvgIpc) is 2.28. The summed E-state index contributed by atoms with van der Waals surface area (Å²) in [7, 11) is -1.53. The molecule has 0 spiro atoms. The molecule has 1 unspecified atom stereocenters. The van der Waals surface area contributed by atoms with Crippen molar-refractivity contribution in [3.05, 3.63) is 29.8 Å². The molecule has 1 aliphatic rings. The summed E-state index contributed by atoms with van der Waals surface area (Å²) in [6, 6.07) is 8.28. The minimum Gasteiger partial charge on any atom is -0.544 e. The third kappa shape index (κ3) is 3.83. The predicted molar refractivity (Wildman–Crippen MR) is 72.0 cm³/mol. The molecule has 94 valence electrons. The van der Waals surface area contributed by atoms with Gasteiger partial charge in [0.1, 0.15) is 5.75 Å². The molecule has 1 fully saturated rings. The molecule has 1 aliphatic heterocycles. The van der Waals surface area contributed by atoms with Crippen LogP contribution in [0.2, 0.25) is 19.6 Å². The van der Waals surface area contributed by atoms with E-state index in [1.54, 1.807) is 0 Å². The lowest BCUT2D eigenvalue weighted by molar-refractivity contribution is 0.0276. The maximum absolute atomic E-state index is 6.00. The fourth-order valence-electron chi connectivity index (χ4n) is 1.91. The molecule has 1 aromatic rings. The molecular formula is C13H21NO2Si. The van der Waals surface area contributed by atoms with Crippen LogP contribution < -0.4 is 9.74 Å². The molecule has 0 bridgehead atoms. The predicted octanol–water partition coefficient (Wildman–Crippen LogP) is 2.56. The first-order valence-electron chi connectivity index (χ1n) is 6.16. The van der Waals surface area contributed by atoms with E-state index in [0.717, 1.165) is 25.4 Å². The van der Waals surface area contributed by atoms with Gasteiger partial charge >= 0.3 is 0 Å². The van der Waals surface area contributed by atoms with Gasteiger partial charge < -0.3 is 14.5 Å². The molecule has 1 aromatic carbocycles. The highest BCUT2D eigenvalue weighted by Crippen LogP contribution is 2.24. The van der Waals surface area contributed by atoms with E-state index >= 15 is 0 Å². The van der Waals surface area contributed by atoms with E-state index in [-0.39, 0.29) is 6.10 Å². The van der Waals surface area contributed by atoms with Gasteiger partial charge in [0.05, 0.1) is 12.7 Å². The smallest absolute Gasteiger partial charge is 0.242 e. The summed E-state index contributed by atoms with van der Waals surface area (Å²) < 4.78 is 11.7. The standard InChI is InChI=1S/C13H21NO2Si/c1-17(2,3)16-12-6-4-5-11(9-12)13-10-14-7-8-15-13/h4-6,9,13-14H,7-8,10H2,1-3H3. The second kappa shape index (κ2) is 5.21. The number of rotatable bonds is 3. The van der Waals surface area contributed by atoms with Crippen molar-refractivity contribution in [2.24, 2.45) is 0 Å². The number of ether oxygens (including phenoxy) is 1. The van der Waals surface area contributed by atoms with Gasteiger partial charge in [-0.15, -0.1) is 0 Å². The molecule has 1 saturated heterocycles. The highest BCUT2D eigenvalue weighted by Gasteiger charge is 2.19. The first-order valence-corrected chi connectivity index (χ1v) is 9.57. The summed E-state index contributed by atoms with van der Waals surface area (Å²) in [5.41, 5.74) is 1.20. The summed E-state index contributed by atoms with van der Waals surface area (Å²) in [6.45, 7) is 9.19. The van der Waals surface area contributed by atoms with Gasteiger partial charge in [-0.25, -0.2) is 0 Å². The van der Waals surface area contributed by atoms with E-state index in [4.69, 9.17) is 9.16 Å². The monoisotopic (exact) mass is 251 g/mol. The van der Waals surface area contributed by atoms with E-state index in [0.29, 0.717) is 0 Å². The van der Waals surface area contributed by atoms with Gasteiger partial charge in [-0.2, -0.15) is 0 Å². The van der Waals surface area contributed by atoms with Gasteiger partial charge in [0.15, 0.2) is 0 Å². The first kappa shape index (κ1) is 12.6. The molecule has 17 heavy (non-hydrogen) atoms. The first-order chi connectivity index (χ1) is 8.04. The molecule has 0 aliphatic carbocycles. The number of benzene rings is 1. The van der Waals surface area contributed by atoms with Gasteiger partial charge in [0.2, 0.25) is 8.32 Å². The molecule has 0 saturated carbocycles. The molecule has 1 heterocycles. The molecule has 3 nitrogen and oxygen atoms in total. The van der Waals surface area contributed by atoms with Crippen LogP contribution in [0.5, 0.6) is 5.75 Å². The van der Waals surface area contributed by atoms with Crippen molar-refractivity contribution >= 4 is 8.32 Å². The van der Waals surface area contributed by atoms with Crippen molar-refractivity contribution in [1.82, 2.24) is 5.32 Å². The van der Waals surface area contributed by atoms with Crippen LogP contribution in [-0.4, -0.2) is 28.0 Å². The summed E-state index contributed by atoms with van der Waals surface area (Å²) in [6.07, 6.45) is 0.161. The van der Waals surface area contributed by atoms with Gasteiger partial charge in [-0.1, -0.05) is 12.1 Å². The van der Waals surface area contributed by atoms with Gasteiger partial charge in [0, 0.05) is 13.1 Å². The van der Waals surface area contributed by atoms with Crippen molar-refractivity contribution < 1.29 is 9.16 Å². The minimum atomic E-state index is -1.53. The Morgan fingerprint density at radius 3 is 2.82 bits per heavy atom. The SMILES string of the molecule is C[Si](C)(C)Oc1cccc(C2CNCCO2)c1. The summed E-state index contributed by atoms with van der Waals surface area (Å²) >= 11 is 0. The van der Waals surface area contributed by atoms with E-state index in [9.17, 15) is 0 Å². The van der Waals surface area contributed by atoms with Crippen LogP contribution in [0.1, 0.15) is 11.7 Å². The van der Waals surface area contributed by atoms with Crippen LogP contribution in [0, 0.1) is 0 Å². The Labute approximate surface area is 104 Å². The molecule has 1 atom stereocenters. The Morgan fingerprint density at radius 1 is 1.35 bits per heavy atom. The zero-order chi connectivity index (χ0) is 12.3. The van der Waals surface area contributed by atoms with E-state index in [2.05, 4.69) is 37.1 Å². The number of hydrogen-bond donors (Lipinski definition) is 1. The van der Waals surface area contributed by atoms with Crippen molar-refractivity contribution in [2.45, 2.75) is 25.7 Å². The fraction of sp³-hybridized carbons (Fsp3) is 0.538. The maximum Gasteiger partial charge on any atom is 0.242 e. The lowest BCUT2D eigenvalue weighted by atomic mass is 10.1. The quantitative estimate of drug-likeness (QED) is 0.838. The molecular weight excluding hydrogens is 230 g/mol. The molecule has 0 radical (unpaired) electrons. The normalized spacial score (nSPS) is 21.2. The number of hydrogen-bond acceptors (Lipinski definition) is 3. The lowest BCUT2D eigenvalue weighted by Crippen LogP contribution is -2.33. The topological polar surface area (TPSA) is 30.5 Å². The van der Waals surface area contributed by atoms with Crippen molar-refractivity contribution in [2.75, 3.05) is 19.7 Å². The fourth-order valence-corrected chi connectivity index (χ4v) is 2.75. The zero-order valence-corrected chi connectivity index (χ0v) is 11.8. The van der Waals surface area contributed by atoms with E-state index in [1.807, 2.05) is 12.1 Å². The van der Waals surface area contributed by atoms with Crippen molar-refractivity contribution in [3.63, 3.8) is 0 Å².